The summed E-state index contributed by atoms with van der Waals surface area (Å²) in [7, 11) is 0. The fourth-order valence-electron chi connectivity index (χ4n) is 1.63. The van der Waals surface area contributed by atoms with Crippen LogP contribution >= 0.6 is 22.9 Å². The van der Waals surface area contributed by atoms with E-state index in [-0.39, 0.29) is 0 Å². The van der Waals surface area contributed by atoms with Crippen LogP contribution in [0.25, 0.3) is 0 Å². The smallest absolute Gasteiger partial charge is 0.0931 e. The molecule has 1 rings (SSSR count). The van der Waals surface area contributed by atoms with Crippen LogP contribution in [0, 0.1) is 0 Å². The molecule has 0 spiro atoms. The van der Waals surface area contributed by atoms with Gasteiger partial charge in [0.25, 0.3) is 0 Å². The fraction of sp³-hybridized carbons (Fsp3) is 0.692. The van der Waals surface area contributed by atoms with Crippen molar-refractivity contribution in [2.24, 2.45) is 0 Å². The number of rotatable bonds is 9. The second kappa shape index (κ2) is 8.92. The van der Waals surface area contributed by atoms with Gasteiger partial charge in [-0.25, -0.2) is 0 Å². The molecule has 0 saturated heterocycles. The summed E-state index contributed by atoms with van der Waals surface area (Å²) in [6, 6.07) is 4.46. The Balaban J connectivity index is 2.42. The first-order chi connectivity index (χ1) is 8.27. The zero-order chi connectivity index (χ0) is 12.5. The number of ether oxygens (including phenoxy) is 1. The van der Waals surface area contributed by atoms with Crippen molar-refractivity contribution in [2.45, 2.75) is 39.2 Å². The van der Waals surface area contributed by atoms with E-state index in [4.69, 9.17) is 16.3 Å². The number of thiophene rings is 1. The molecule has 4 heteroatoms. The van der Waals surface area contributed by atoms with Crippen molar-refractivity contribution in [3.05, 3.63) is 21.3 Å². The van der Waals surface area contributed by atoms with Crippen molar-refractivity contribution in [2.75, 3.05) is 19.8 Å². The summed E-state index contributed by atoms with van der Waals surface area (Å²) in [6.45, 7) is 7.01. The quantitative estimate of drug-likeness (QED) is 0.680. The molecule has 1 N–H and O–H groups in total. The van der Waals surface area contributed by atoms with Crippen molar-refractivity contribution in [3.8, 4) is 0 Å². The molecule has 0 aliphatic carbocycles. The SMILES string of the molecule is CCCNC(CCOCCC)c1ccc(Cl)s1. The predicted octanol–water partition coefficient (Wildman–Crippen LogP) is 4.26. The second-order valence-corrected chi connectivity index (χ2v) is 5.80. The minimum atomic E-state index is 0.379. The van der Waals surface area contributed by atoms with Crippen molar-refractivity contribution in [3.63, 3.8) is 0 Å². The van der Waals surface area contributed by atoms with E-state index in [1.165, 1.54) is 4.88 Å². The average molecular weight is 276 g/mol. The van der Waals surface area contributed by atoms with Crippen LogP contribution in [-0.2, 0) is 4.74 Å². The standard InChI is InChI=1S/C13H22ClNOS/c1-3-8-15-11(7-10-16-9-4-2)12-5-6-13(14)17-12/h5-6,11,15H,3-4,7-10H2,1-2H3. The van der Waals surface area contributed by atoms with Gasteiger partial charge in [-0.05, 0) is 37.9 Å². The number of nitrogens with one attached hydrogen (secondary N) is 1. The molecule has 1 aromatic rings. The summed E-state index contributed by atoms with van der Waals surface area (Å²) in [6.07, 6.45) is 3.24. The molecule has 0 amide bonds. The highest BCUT2D eigenvalue weighted by Crippen LogP contribution is 2.28. The van der Waals surface area contributed by atoms with E-state index in [9.17, 15) is 0 Å². The normalized spacial score (nSPS) is 12.9. The van der Waals surface area contributed by atoms with E-state index in [1.54, 1.807) is 11.3 Å². The van der Waals surface area contributed by atoms with Crippen LogP contribution in [-0.4, -0.2) is 19.8 Å². The Morgan fingerprint density at radius 3 is 2.71 bits per heavy atom. The Morgan fingerprint density at radius 1 is 1.29 bits per heavy atom. The van der Waals surface area contributed by atoms with Gasteiger partial charge in [-0.1, -0.05) is 25.4 Å². The number of halogens is 1. The van der Waals surface area contributed by atoms with Crippen molar-refractivity contribution in [1.29, 1.82) is 0 Å². The third-order valence-corrected chi connectivity index (χ3v) is 3.82. The minimum absolute atomic E-state index is 0.379. The maximum absolute atomic E-state index is 5.98. The lowest BCUT2D eigenvalue weighted by atomic mass is 10.1. The summed E-state index contributed by atoms with van der Waals surface area (Å²) in [5, 5.41) is 3.55. The third-order valence-electron chi connectivity index (χ3n) is 2.48. The van der Waals surface area contributed by atoms with Crippen LogP contribution in [0.3, 0.4) is 0 Å². The molecule has 1 aromatic heterocycles. The zero-order valence-electron chi connectivity index (χ0n) is 10.7. The Morgan fingerprint density at radius 2 is 2.12 bits per heavy atom. The monoisotopic (exact) mass is 275 g/mol. The third kappa shape index (κ3) is 5.87. The highest BCUT2D eigenvalue weighted by Gasteiger charge is 2.12. The second-order valence-electron chi connectivity index (χ2n) is 4.05. The van der Waals surface area contributed by atoms with E-state index in [0.29, 0.717) is 6.04 Å². The Labute approximate surface area is 113 Å². The highest BCUT2D eigenvalue weighted by molar-refractivity contribution is 7.16. The fourth-order valence-corrected chi connectivity index (χ4v) is 2.80. The van der Waals surface area contributed by atoms with Gasteiger partial charge in [-0.15, -0.1) is 11.3 Å². The van der Waals surface area contributed by atoms with Crippen molar-refractivity contribution in [1.82, 2.24) is 5.32 Å². The Kier molecular flexibility index (Phi) is 7.86. The zero-order valence-corrected chi connectivity index (χ0v) is 12.2. The van der Waals surface area contributed by atoms with Gasteiger partial charge >= 0.3 is 0 Å². The Bertz CT molecular complexity index is 303. The molecule has 1 heterocycles. The highest BCUT2D eigenvalue weighted by atomic mass is 35.5. The molecule has 0 saturated carbocycles. The van der Waals surface area contributed by atoms with Crippen LogP contribution in [0.5, 0.6) is 0 Å². The van der Waals surface area contributed by atoms with E-state index >= 15 is 0 Å². The molecule has 0 aromatic carbocycles. The molecule has 0 aliphatic heterocycles. The lowest BCUT2D eigenvalue weighted by Crippen LogP contribution is -2.22. The van der Waals surface area contributed by atoms with E-state index in [1.807, 2.05) is 6.07 Å². The Hall–Kier alpha value is -0.0900. The van der Waals surface area contributed by atoms with Gasteiger partial charge in [-0.2, -0.15) is 0 Å². The number of hydrogen-bond acceptors (Lipinski definition) is 3. The van der Waals surface area contributed by atoms with Crippen molar-refractivity contribution < 1.29 is 4.74 Å². The van der Waals surface area contributed by atoms with Crippen LogP contribution in [0.2, 0.25) is 4.34 Å². The minimum Gasteiger partial charge on any atom is -0.381 e. The molecule has 17 heavy (non-hydrogen) atoms. The van der Waals surface area contributed by atoms with Gasteiger partial charge < -0.3 is 10.1 Å². The first-order valence-corrected chi connectivity index (χ1v) is 7.53. The maximum Gasteiger partial charge on any atom is 0.0931 e. The predicted molar refractivity (Wildman–Crippen MR) is 76.1 cm³/mol. The van der Waals surface area contributed by atoms with E-state index < -0.39 is 0 Å². The molecule has 98 valence electrons. The molecule has 1 atom stereocenters. The molecule has 0 radical (unpaired) electrons. The first kappa shape index (κ1) is 15.0. The summed E-state index contributed by atoms with van der Waals surface area (Å²) in [5.74, 6) is 0. The topological polar surface area (TPSA) is 21.3 Å². The van der Waals surface area contributed by atoms with Crippen LogP contribution < -0.4 is 5.32 Å². The lowest BCUT2D eigenvalue weighted by molar-refractivity contribution is 0.125. The molecule has 0 aliphatic rings. The van der Waals surface area contributed by atoms with Crippen LogP contribution in [0.15, 0.2) is 12.1 Å². The lowest BCUT2D eigenvalue weighted by Gasteiger charge is -2.17. The molecule has 1 unspecified atom stereocenters. The largest absolute Gasteiger partial charge is 0.381 e. The molecule has 0 bridgehead atoms. The van der Waals surface area contributed by atoms with Gasteiger partial charge in [0.15, 0.2) is 0 Å². The van der Waals surface area contributed by atoms with Crippen LogP contribution in [0.4, 0.5) is 0 Å². The average Bonchev–Trinajstić information content (AvgIpc) is 2.75. The summed E-state index contributed by atoms with van der Waals surface area (Å²) >= 11 is 7.64. The van der Waals surface area contributed by atoms with Gasteiger partial charge in [0.05, 0.1) is 4.34 Å². The van der Waals surface area contributed by atoms with Gasteiger partial charge in [0.2, 0.25) is 0 Å². The number of hydrogen-bond donors (Lipinski definition) is 1. The molecular weight excluding hydrogens is 254 g/mol. The van der Waals surface area contributed by atoms with Crippen LogP contribution in [0.1, 0.15) is 44.0 Å². The molecule has 2 nitrogen and oxygen atoms in total. The van der Waals surface area contributed by atoms with Gasteiger partial charge in [-0.3, -0.25) is 0 Å². The van der Waals surface area contributed by atoms with E-state index in [0.717, 1.165) is 43.4 Å². The van der Waals surface area contributed by atoms with Gasteiger partial charge in [0.1, 0.15) is 0 Å². The summed E-state index contributed by atoms with van der Waals surface area (Å²) in [4.78, 5) is 1.31. The van der Waals surface area contributed by atoms with Crippen molar-refractivity contribution >= 4 is 22.9 Å². The summed E-state index contributed by atoms with van der Waals surface area (Å²) < 4.78 is 6.41. The van der Waals surface area contributed by atoms with E-state index in [2.05, 4.69) is 25.2 Å². The van der Waals surface area contributed by atoms with Gasteiger partial charge in [0, 0.05) is 24.1 Å². The first-order valence-electron chi connectivity index (χ1n) is 6.34. The maximum atomic E-state index is 5.98. The molecule has 0 fully saturated rings. The molecular formula is C13H22ClNOS. The summed E-state index contributed by atoms with van der Waals surface area (Å²) in [5.41, 5.74) is 0.